The first-order valence-corrected chi connectivity index (χ1v) is 16.6. The number of amides is 1. The van der Waals surface area contributed by atoms with Crippen LogP contribution >= 0.6 is 0 Å². The molecule has 3 unspecified atom stereocenters. The molecule has 1 amide bonds. The number of ketones is 1. The van der Waals surface area contributed by atoms with E-state index < -0.39 is 0 Å². The lowest BCUT2D eigenvalue weighted by molar-refractivity contribution is -0.106. The summed E-state index contributed by atoms with van der Waals surface area (Å²) in [6.45, 7) is 7.58. The summed E-state index contributed by atoms with van der Waals surface area (Å²) in [5.41, 5.74) is 12.7. The lowest BCUT2D eigenvalue weighted by Gasteiger charge is -2.41. The Morgan fingerprint density at radius 1 is 1.04 bits per heavy atom. The number of hydrogen-bond acceptors (Lipinski definition) is 7. The topological polar surface area (TPSA) is 118 Å². The first-order valence-electron chi connectivity index (χ1n) is 16.6. The van der Waals surface area contributed by atoms with E-state index in [1.165, 1.54) is 48.8 Å². The van der Waals surface area contributed by atoms with Crippen molar-refractivity contribution in [2.45, 2.75) is 71.8 Å². The number of fused-ring (bicyclic) bond motifs is 2. The van der Waals surface area contributed by atoms with Gasteiger partial charge in [-0.3, -0.25) is 14.5 Å². The molecule has 0 spiro atoms. The number of phenols is 1. The number of Topliss-reactive ketones (excluding diaryl/α,β-unsaturated/α-hetero) is 1. The van der Waals surface area contributed by atoms with Gasteiger partial charge in [0.2, 0.25) is 6.41 Å². The van der Waals surface area contributed by atoms with E-state index in [0.717, 1.165) is 78.4 Å². The van der Waals surface area contributed by atoms with Crippen LogP contribution in [0.4, 0.5) is 0 Å². The Labute approximate surface area is 266 Å². The number of allylic oxidation sites excluding steroid dienone is 5. The number of phenolic OH excluding ortho intramolecular Hbond substituents is 1. The monoisotopic (exact) mass is 613 g/mol. The number of nitrogens with two attached hydrogens (primary N) is 1. The highest BCUT2D eigenvalue weighted by molar-refractivity contribution is 6.14. The Morgan fingerprint density at radius 2 is 1.76 bits per heavy atom. The minimum absolute atomic E-state index is 0.0357. The lowest BCUT2D eigenvalue weighted by Crippen LogP contribution is -2.36. The third kappa shape index (κ3) is 5.79. The van der Waals surface area contributed by atoms with Crippen molar-refractivity contribution in [3.05, 3.63) is 75.2 Å². The van der Waals surface area contributed by atoms with Crippen molar-refractivity contribution in [1.82, 2.24) is 10.2 Å². The Hall–Kier alpha value is -3.62. The lowest BCUT2D eigenvalue weighted by atomic mass is 9.61. The number of furan rings is 1. The predicted octanol–water partition coefficient (Wildman–Crippen LogP) is 6.25. The van der Waals surface area contributed by atoms with Gasteiger partial charge in [-0.25, -0.2) is 0 Å². The summed E-state index contributed by atoms with van der Waals surface area (Å²) in [5, 5.41) is 13.8. The highest BCUT2D eigenvalue weighted by Gasteiger charge is 2.53. The summed E-state index contributed by atoms with van der Waals surface area (Å²) in [6, 6.07) is 5.79. The number of carbonyl (C=O) groups is 2. The van der Waals surface area contributed by atoms with Gasteiger partial charge in [0.05, 0.1) is 18.4 Å². The molecule has 1 saturated carbocycles. The number of likely N-dealkylation sites (tertiary alicyclic amines) is 1. The summed E-state index contributed by atoms with van der Waals surface area (Å²) >= 11 is 0. The number of carbonyl (C=O) groups excluding carboxylic acids is 2. The number of aromatic hydroxyl groups is 1. The highest BCUT2D eigenvalue weighted by atomic mass is 16.5. The summed E-state index contributed by atoms with van der Waals surface area (Å²) < 4.78 is 12.7. The largest absolute Gasteiger partial charge is 0.507 e. The van der Waals surface area contributed by atoms with Crippen molar-refractivity contribution in [2.24, 2.45) is 29.4 Å². The van der Waals surface area contributed by atoms with Gasteiger partial charge in [0.15, 0.2) is 5.78 Å². The Bertz CT molecular complexity index is 1570. The van der Waals surface area contributed by atoms with Crippen molar-refractivity contribution >= 4 is 12.2 Å². The number of nitrogens with zero attached hydrogens (tertiary/aromatic N) is 1. The number of piperidine rings is 1. The second-order valence-corrected chi connectivity index (χ2v) is 13.5. The fourth-order valence-corrected chi connectivity index (χ4v) is 8.24. The normalized spacial score (nSPS) is 25.3. The van der Waals surface area contributed by atoms with E-state index in [1.54, 1.807) is 6.07 Å². The zero-order chi connectivity index (χ0) is 31.8. The SMILES string of the molecule is CC1=C(C)C2=C(C3CC3)OC3=C4C(=O)c5c(O)ccc(-c6coc(CN7CCCCC7)c6)c5CC4CC(C1)C32.CNC.NC=O. The highest BCUT2D eigenvalue weighted by Crippen LogP contribution is 2.60. The molecule has 4 aliphatic carbocycles. The predicted molar refractivity (Wildman–Crippen MR) is 174 cm³/mol. The Balaban J connectivity index is 0.000000554. The smallest absolute Gasteiger partial charge is 0.204 e. The van der Waals surface area contributed by atoms with E-state index in [-0.39, 0.29) is 29.8 Å². The van der Waals surface area contributed by atoms with Crippen molar-refractivity contribution in [3.8, 4) is 16.9 Å². The van der Waals surface area contributed by atoms with Crippen LogP contribution in [-0.2, 0) is 22.5 Å². The van der Waals surface area contributed by atoms with Gasteiger partial charge in [0.1, 0.15) is 23.0 Å². The van der Waals surface area contributed by atoms with Gasteiger partial charge in [-0.2, -0.15) is 0 Å². The van der Waals surface area contributed by atoms with E-state index in [4.69, 9.17) is 13.9 Å². The van der Waals surface area contributed by atoms with Crippen LogP contribution in [0.1, 0.15) is 80.5 Å². The molecule has 2 aromatic rings. The molecule has 8 heteroatoms. The maximum atomic E-state index is 14.3. The molecular formula is C37H47N3O5. The van der Waals surface area contributed by atoms with E-state index in [0.29, 0.717) is 17.4 Å². The van der Waals surface area contributed by atoms with Crippen LogP contribution in [0.2, 0.25) is 0 Å². The van der Waals surface area contributed by atoms with Crippen LogP contribution in [-0.4, -0.2) is 49.4 Å². The van der Waals surface area contributed by atoms with E-state index in [9.17, 15) is 9.90 Å². The van der Waals surface area contributed by atoms with Gasteiger partial charge in [0.25, 0.3) is 0 Å². The van der Waals surface area contributed by atoms with Crippen molar-refractivity contribution < 1.29 is 23.8 Å². The molecule has 3 heterocycles. The van der Waals surface area contributed by atoms with Gasteiger partial charge in [-0.05, 0) is 127 Å². The molecule has 1 aromatic heterocycles. The van der Waals surface area contributed by atoms with E-state index in [2.05, 4.69) is 35.9 Å². The summed E-state index contributed by atoms with van der Waals surface area (Å²) in [5.74, 6) is 4.36. The molecular weight excluding hydrogens is 566 g/mol. The number of hydrogen-bond donors (Lipinski definition) is 3. The molecule has 8 rings (SSSR count). The number of primary amides is 1. The number of ether oxygens (including phenoxy) is 1. The van der Waals surface area contributed by atoms with Gasteiger partial charge < -0.3 is 25.3 Å². The molecule has 0 bridgehead atoms. The summed E-state index contributed by atoms with van der Waals surface area (Å²) in [7, 11) is 3.75. The van der Waals surface area contributed by atoms with Crippen LogP contribution < -0.4 is 11.1 Å². The third-order valence-electron chi connectivity index (χ3n) is 10.4. The number of nitrogens with one attached hydrogen (secondary N) is 1. The van der Waals surface area contributed by atoms with E-state index >= 15 is 0 Å². The molecule has 2 aliphatic heterocycles. The van der Waals surface area contributed by atoms with Crippen LogP contribution in [0.5, 0.6) is 5.75 Å². The average Bonchev–Trinajstić information content (AvgIpc) is 3.63. The molecule has 3 atom stereocenters. The molecule has 1 saturated heterocycles. The zero-order valence-electron chi connectivity index (χ0n) is 27.1. The maximum Gasteiger partial charge on any atom is 0.204 e. The van der Waals surface area contributed by atoms with Gasteiger partial charge in [-0.1, -0.05) is 18.1 Å². The molecule has 45 heavy (non-hydrogen) atoms. The molecule has 8 nitrogen and oxygen atoms in total. The molecule has 0 radical (unpaired) electrons. The average molecular weight is 614 g/mol. The summed E-state index contributed by atoms with van der Waals surface area (Å²) in [4.78, 5) is 25.3. The van der Waals surface area contributed by atoms with Crippen molar-refractivity contribution in [3.63, 3.8) is 0 Å². The maximum absolute atomic E-state index is 14.3. The van der Waals surface area contributed by atoms with Crippen molar-refractivity contribution in [2.75, 3.05) is 27.2 Å². The van der Waals surface area contributed by atoms with Crippen LogP contribution in [0, 0.1) is 23.7 Å². The number of benzene rings is 1. The molecule has 2 fully saturated rings. The third-order valence-corrected chi connectivity index (χ3v) is 10.4. The van der Waals surface area contributed by atoms with Crippen LogP contribution in [0.15, 0.2) is 62.7 Å². The quantitative estimate of drug-likeness (QED) is 0.349. The second kappa shape index (κ2) is 13.0. The molecule has 6 aliphatic rings. The van der Waals surface area contributed by atoms with Crippen LogP contribution in [0.3, 0.4) is 0 Å². The number of rotatable bonds is 4. The Morgan fingerprint density at radius 3 is 2.44 bits per heavy atom. The molecule has 240 valence electrons. The van der Waals surface area contributed by atoms with Gasteiger partial charge in [-0.15, -0.1) is 0 Å². The van der Waals surface area contributed by atoms with Gasteiger partial charge in [0, 0.05) is 28.5 Å². The van der Waals surface area contributed by atoms with Crippen LogP contribution in [0.25, 0.3) is 11.1 Å². The fraction of sp³-hybridized carbons (Fsp3) is 0.514. The van der Waals surface area contributed by atoms with E-state index in [1.807, 2.05) is 26.4 Å². The Kier molecular flexibility index (Phi) is 9.07. The minimum Gasteiger partial charge on any atom is -0.507 e. The fourth-order valence-electron chi connectivity index (χ4n) is 8.24. The first-order chi connectivity index (χ1) is 21.8. The van der Waals surface area contributed by atoms with Gasteiger partial charge >= 0.3 is 0 Å². The first kappa shape index (κ1) is 31.4. The second-order valence-electron chi connectivity index (χ2n) is 13.5. The minimum atomic E-state index is -0.0357. The summed E-state index contributed by atoms with van der Waals surface area (Å²) in [6.07, 6.45) is 11.1. The molecule has 1 aromatic carbocycles. The zero-order valence-corrected chi connectivity index (χ0v) is 27.1. The van der Waals surface area contributed by atoms with Crippen molar-refractivity contribution in [1.29, 1.82) is 0 Å². The molecule has 4 N–H and O–H groups in total. The standard InChI is InChI=1S/C34H37NO4.C2H7N.CH3NO/c1-18-12-21-13-22-15-26-25(23-14-24(38-17-23)16-35-10-4-3-5-11-35)8-9-27(36)31(26)32(37)30(22)34-29(21)28(19(18)2)33(39-34)20-6-7-20;1-3-2;2-1-3/h8-9,14,17,20-22,29,36H,3-7,10-13,15-16H2,1-2H3;3H,1-2H3;1H,(H2,2,3).